The Bertz CT molecular complexity index is 5010. The van der Waals surface area contributed by atoms with Crippen LogP contribution in [0.5, 0.6) is 0 Å². The summed E-state index contributed by atoms with van der Waals surface area (Å²) in [5, 5.41) is 23.2. The molecule has 0 radical (unpaired) electrons. The topological polar surface area (TPSA) is 73.4 Å². The summed E-state index contributed by atoms with van der Waals surface area (Å²) in [5.74, 6) is 0. The Labute approximate surface area is 524 Å². The second kappa shape index (κ2) is 25.3. The van der Waals surface area contributed by atoms with Gasteiger partial charge in [-0.25, -0.2) is 9.97 Å². The SMILES string of the molecule is N#Cc1ccc(-c2ccc(-c3ccc(-c4ccc(-c5cc(-c6ccccc6)nc(-c6ccccc6)c5)cc4)c4ccccc34)cc2)cc1.N#Cc1ccc(-c2ccc(-c3cccc(-c4cc(-c5ccccc5)nc(-c5ccccc5)c4)c3)c3ccccc23)cc1. The van der Waals surface area contributed by atoms with Crippen LogP contribution >= 0.6 is 0 Å². The molecule has 420 valence electrons. The van der Waals surface area contributed by atoms with Crippen molar-refractivity contribution in [2.75, 3.05) is 0 Å². The molecule has 0 saturated carbocycles. The van der Waals surface area contributed by atoms with E-state index in [0.717, 1.165) is 95.1 Å². The number of fused-ring (bicyclic) bond motifs is 2. The predicted octanol–water partition coefficient (Wildman–Crippen LogP) is 22.5. The van der Waals surface area contributed by atoms with Gasteiger partial charge in [-0.2, -0.15) is 10.5 Å². The van der Waals surface area contributed by atoms with Crippen molar-refractivity contribution in [3.63, 3.8) is 0 Å². The van der Waals surface area contributed by atoms with E-state index >= 15 is 0 Å². The van der Waals surface area contributed by atoms with E-state index in [9.17, 15) is 5.26 Å². The fraction of sp³-hybridized carbons (Fsp3) is 0. The van der Waals surface area contributed by atoms with Gasteiger partial charge in [0, 0.05) is 22.3 Å². The monoisotopic (exact) mass is 1140 g/mol. The summed E-state index contributed by atoms with van der Waals surface area (Å²) in [6.07, 6.45) is 0. The van der Waals surface area contributed by atoms with E-state index in [-0.39, 0.29) is 0 Å². The lowest BCUT2D eigenvalue weighted by Gasteiger charge is -2.14. The van der Waals surface area contributed by atoms with Crippen molar-refractivity contribution in [3.05, 3.63) is 351 Å². The van der Waals surface area contributed by atoms with E-state index < -0.39 is 0 Å². The highest BCUT2D eigenvalue weighted by atomic mass is 14.7. The molecule has 0 aliphatic heterocycles. The number of hydrogen-bond donors (Lipinski definition) is 0. The lowest BCUT2D eigenvalue weighted by molar-refractivity contribution is 1.32. The molecule has 0 N–H and O–H groups in total. The number of pyridine rings is 2. The maximum atomic E-state index is 9.23. The lowest BCUT2D eigenvalue weighted by atomic mass is 9.90. The second-order valence-electron chi connectivity index (χ2n) is 22.2. The Morgan fingerprint density at radius 1 is 0.178 bits per heavy atom. The molecular formula is C86H56N4. The molecular weight excluding hydrogens is 1090 g/mol. The van der Waals surface area contributed by atoms with Gasteiger partial charge in [-0.1, -0.05) is 285 Å². The van der Waals surface area contributed by atoms with E-state index in [1.165, 1.54) is 49.4 Å². The minimum absolute atomic E-state index is 0.665. The van der Waals surface area contributed by atoms with Crippen molar-refractivity contribution >= 4 is 21.5 Å². The van der Waals surface area contributed by atoms with E-state index in [1.54, 1.807) is 0 Å². The molecule has 90 heavy (non-hydrogen) atoms. The van der Waals surface area contributed by atoms with Crippen molar-refractivity contribution in [3.8, 4) is 135 Å². The van der Waals surface area contributed by atoms with Crippen LogP contribution in [0.25, 0.3) is 144 Å². The van der Waals surface area contributed by atoms with Crippen LogP contribution in [0.2, 0.25) is 0 Å². The van der Waals surface area contributed by atoms with Gasteiger partial charge in [0.2, 0.25) is 0 Å². The zero-order valence-electron chi connectivity index (χ0n) is 49.1. The first-order valence-corrected chi connectivity index (χ1v) is 30.1. The van der Waals surface area contributed by atoms with Crippen LogP contribution in [0.15, 0.2) is 340 Å². The first-order chi connectivity index (χ1) is 44.5. The van der Waals surface area contributed by atoms with Crippen LogP contribution in [-0.4, -0.2) is 9.97 Å². The molecule has 2 aromatic heterocycles. The summed E-state index contributed by atoms with van der Waals surface area (Å²) < 4.78 is 0. The van der Waals surface area contributed by atoms with Crippen LogP contribution in [0.3, 0.4) is 0 Å². The van der Waals surface area contributed by atoms with Gasteiger partial charge in [0.25, 0.3) is 0 Å². The largest absolute Gasteiger partial charge is 0.248 e. The molecule has 4 heteroatoms. The van der Waals surface area contributed by atoms with Gasteiger partial charge in [-0.3, -0.25) is 0 Å². The molecule has 0 atom stereocenters. The molecule has 0 bridgehead atoms. The van der Waals surface area contributed by atoms with Gasteiger partial charge in [-0.15, -0.1) is 0 Å². The summed E-state index contributed by atoms with van der Waals surface area (Å²) in [6.45, 7) is 0. The zero-order valence-corrected chi connectivity index (χ0v) is 49.1. The smallest absolute Gasteiger partial charge is 0.0991 e. The third-order valence-electron chi connectivity index (χ3n) is 16.7. The molecule has 0 aliphatic carbocycles. The number of nitrogens with zero attached hydrogens (tertiary/aromatic N) is 4. The summed E-state index contributed by atoms with van der Waals surface area (Å²) in [4.78, 5) is 10.1. The molecule has 15 aromatic rings. The molecule has 0 spiro atoms. The van der Waals surface area contributed by atoms with Gasteiger partial charge in [0.05, 0.1) is 46.0 Å². The molecule has 13 aromatic carbocycles. The lowest BCUT2D eigenvalue weighted by Crippen LogP contribution is -1.91. The third-order valence-corrected chi connectivity index (χ3v) is 16.7. The summed E-state index contributed by atoms with van der Waals surface area (Å²) in [7, 11) is 0. The van der Waals surface area contributed by atoms with Gasteiger partial charge >= 0.3 is 0 Å². The van der Waals surface area contributed by atoms with Gasteiger partial charge in [-0.05, 0) is 154 Å². The van der Waals surface area contributed by atoms with Crippen molar-refractivity contribution < 1.29 is 0 Å². The average Bonchev–Trinajstić information content (AvgIpc) is 1.67. The third kappa shape index (κ3) is 11.7. The van der Waals surface area contributed by atoms with Gasteiger partial charge < -0.3 is 0 Å². The fourth-order valence-electron chi connectivity index (χ4n) is 12.0. The molecule has 2 heterocycles. The van der Waals surface area contributed by atoms with E-state index in [0.29, 0.717) is 11.1 Å². The second-order valence-corrected chi connectivity index (χ2v) is 22.2. The van der Waals surface area contributed by atoms with E-state index in [2.05, 4.69) is 279 Å². The van der Waals surface area contributed by atoms with E-state index in [4.69, 9.17) is 15.2 Å². The molecule has 0 fully saturated rings. The van der Waals surface area contributed by atoms with Crippen LogP contribution in [0, 0.1) is 22.7 Å². The molecule has 0 amide bonds. The molecule has 0 unspecified atom stereocenters. The molecule has 15 rings (SSSR count). The maximum Gasteiger partial charge on any atom is 0.0991 e. The summed E-state index contributed by atoms with van der Waals surface area (Å²) in [5.41, 5.74) is 25.7. The normalized spacial score (nSPS) is 10.9. The first-order valence-electron chi connectivity index (χ1n) is 30.1. The van der Waals surface area contributed by atoms with Crippen LogP contribution in [-0.2, 0) is 0 Å². The Morgan fingerprint density at radius 2 is 0.422 bits per heavy atom. The minimum atomic E-state index is 0.665. The van der Waals surface area contributed by atoms with Crippen LogP contribution < -0.4 is 0 Å². The molecule has 0 aliphatic rings. The quantitative estimate of drug-likeness (QED) is 0.129. The van der Waals surface area contributed by atoms with Crippen molar-refractivity contribution in [1.29, 1.82) is 10.5 Å². The summed E-state index contributed by atoms with van der Waals surface area (Å²) in [6, 6.07) is 123. The maximum absolute atomic E-state index is 9.23. The summed E-state index contributed by atoms with van der Waals surface area (Å²) >= 11 is 0. The standard InChI is InChI=1S/C46H30N2.C40H26N2/c47-31-32-15-17-33(18-16-32)34-19-23-36(24-20-34)41-27-28-42(44-14-8-7-13-43(41)44)37-25-21-35(22-26-37)40-29-45(38-9-3-1-4-10-38)48-46(30-40)39-11-5-2-6-12-39;41-27-28-18-20-29(21-19-28)35-22-23-36(38-17-8-7-16-37(35)38)33-15-9-14-32(24-33)34-25-39(30-10-3-1-4-11-30)42-40(26-34)31-12-5-2-6-13-31/h1-30H;1-26H. The highest BCUT2D eigenvalue weighted by Crippen LogP contribution is 2.41. The number of rotatable bonds is 11. The van der Waals surface area contributed by atoms with Gasteiger partial charge in [0.15, 0.2) is 0 Å². The van der Waals surface area contributed by atoms with Gasteiger partial charge in [0.1, 0.15) is 0 Å². The van der Waals surface area contributed by atoms with E-state index in [1.807, 2.05) is 72.8 Å². The van der Waals surface area contributed by atoms with Crippen molar-refractivity contribution in [1.82, 2.24) is 9.97 Å². The Hall–Kier alpha value is -12.3. The number of aromatic nitrogens is 2. The highest BCUT2D eigenvalue weighted by molar-refractivity contribution is 6.06. The number of benzene rings is 13. The molecule has 0 saturated heterocycles. The Balaban J connectivity index is 0.000000159. The Morgan fingerprint density at radius 3 is 0.756 bits per heavy atom. The first kappa shape index (κ1) is 55.5. The predicted molar refractivity (Wildman–Crippen MR) is 373 cm³/mol. The minimum Gasteiger partial charge on any atom is -0.248 e. The Kier molecular flexibility index (Phi) is 15.6. The van der Waals surface area contributed by atoms with Crippen molar-refractivity contribution in [2.24, 2.45) is 0 Å². The van der Waals surface area contributed by atoms with Crippen LogP contribution in [0.4, 0.5) is 0 Å². The fourth-order valence-corrected chi connectivity index (χ4v) is 12.0. The zero-order chi connectivity index (χ0) is 60.6. The number of hydrogen-bond acceptors (Lipinski definition) is 4. The van der Waals surface area contributed by atoms with Crippen LogP contribution in [0.1, 0.15) is 11.1 Å². The van der Waals surface area contributed by atoms with Crippen molar-refractivity contribution in [2.45, 2.75) is 0 Å². The number of nitriles is 2. The highest BCUT2D eigenvalue weighted by Gasteiger charge is 2.16. The average molecular weight is 1150 g/mol. The molecule has 4 nitrogen and oxygen atoms in total.